The molecule has 1 aliphatic heterocycles. The lowest BCUT2D eigenvalue weighted by molar-refractivity contribution is 0.384. The quantitative estimate of drug-likeness (QED) is 0.646. The van der Waals surface area contributed by atoms with Gasteiger partial charge in [-0.3, -0.25) is 0 Å². The van der Waals surface area contributed by atoms with Crippen LogP contribution in [-0.2, 0) is 0 Å². The van der Waals surface area contributed by atoms with Crippen LogP contribution in [0.15, 0.2) is 0 Å². The monoisotopic (exact) mass is 213 g/mol. The Morgan fingerprint density at radius 2 is 2.07 bits per heavy atom. The van der Waals surface area contributed by atoms with Gasteiger partial charge in [0, 0.05) is 6.04 Å². The second kappa shape index (κ2) is 8.08. The van der Waals surface area contributed by atoms with Crippen molar-refractivity contribution in [3.05, 3.63) is 0 Å². The summed E-state index contributed by atoms with van der Waals surface area (Å²) in [7, 11) is 4.29. The maximum atomic E-state index is 3.68. The van der Waals surface area contributed by atoms with Gasteiger partial charge in [-0.05, 0) is 72.4 Å². The Morgan fingerprint density at radius 1 is 1.20 bits per heavy atom. The zero-order valence-corrected chi connectivity index (χ0v) is 10.4. The first-order chi connectivity index (χ1) is 7.29. The molecule has 0 saturated carbocycles. The summed E-state index contributed by atoms with van der Waals surface area (Å²) in [6.07, 6.45) is 6.59. The highest BCUT2D eigenvalue weighted by molar-refractivity contribution is 4.72. The summed E-state index contributed by atoms with van der Waals surface area (Å²) in [5.41, 5.74) is 0. The molecule has 1 rings (SSSR count). The second-order valence-electron chi connectivity index (χ2n) is 4.84. The predicted molar refractivity (Wildman–Crippen MR) is 66.3 cm³/mol. The SMILES string of the molecule is CN(C)CCCCNC1CCCNCC1. The van der Waals surface area contributed by atoms with Gasteiger partial charge in [0.15, 0.2) is 0 Å². The van der Waals surface area contributed by atoms with Crippen molar-refractivity contribution in [1.29, 1.82) is 0 Å². The molecule has 1 atom stereocenters. The molecule has 0 aromatic rings. The topological polar surface area (TPSA) is 27.3 Å². The molecular formula is C12H27N3. The van der Waals surface area contributed by atoms with Crippen LogP contribution in [0.3, 0.4) is 0 Å². The van der Waals surface area contributed by atoms with Crippen molar-refractivity contribution >= 4 is 0 Å². The van der Waals surface area contributed by atoms with Crippen LogP contribution in [0.1, 0.15) is 32.1 Å². The largest absolute Gasteiger partial charge is 0.317 e. The molecule has 0 spiro atoms. The summed E-state index contributed by atoms with van der Waals surface area (Å²) < 4.78 is 0. The Labute approximate surface area is 94.6 Å². The molecule has 0 amide bonds. The van der Waals surface area contributed by atoms with Crippen molar-refractivity contribution in [2.75, 3.05) is 40.3 Å². The molecule has 0 radical (unpaired) electrons. The zero-order valence-electron chi connectivity index (χ0n) is 10.4. The Hall–Kier alpha value is -0.120. The first-order valence-electron chi connectivity index (χ1n) is 6.38. The van der Waals surface area contributed by atoms with E-state index >= 15 is 0 Å². The number of unbranched alkanes of at least 4 members (excludes halogenated alkanes) is 1. The molecular weight excluding hydrogens is 186 g/mol. The average Bonchev–Trinajstić information content (AvgIpc) is 2.45. The summed E-state index contributed by atoms with van der Waals surface area (Å²) in [5, 5.41) is 7.12. The molecule has 1 heterocycles. The lowest BCUT2D eigenvalue weighted by Gasteiger charge is -2.16. The third kappa shape index (κ3) is 6.88. The Kier molecular flexibility index (Phi) is 6.98. The Balaban J connectivity index is 1.94. The highest BCUT2D eigenvalue weighted by atomic mass is 15.0. The fourth-order valence-corrected chi connectivity index (χ4v) is 2.08. The van der Waals surface area contributed by atoms with E-state index in [4.69, 9.17) is 0 Å². The van der Waals surface area contributed by atoms with Gasteiger partial charge in [0.25, 0.3) is 0 Å². The molecule has 15 heavy (non-hydrogen) atoms. The highest BCUT2D eigenvalue weighted by Gasteiger charge is 2.09. The van der Waals surface area contributed by atoms with Crippen molar-refractivity contribution < 1.29 is 0 Å². The van der Waals surface area contributed by atoms with Gasteiger partial charge in [-0.15, -0.1) is 0 Å². The van der Waals surface area contributed by atoms with Crippen molar-refractivity contribution in [3.8, 4) is 0 Å². The van der Waals surface area contributed by atoms with Crippen molar-refractivity contribution in [2.24, 2.45) is 0 Å². The van der Waals surface area contributed by atoms with E-state index in [2.05, 4.69) is 29.6 Å². The molecule has 1 aliphatic rings. The van der Waals surface area contributed by atoms with Gasteiger partial charge in [0.05, 0.1) is 0 Å². The van der Waals surface area contributed by atoms with Crippen LogP contribution >= 0.6 is 0 Å². The highest BCUT2D eigenvalue weighted by Crippen LogP contribution is 2.04. The van der Waals surface area contributed by atoms with Crippen LogP contribution in [0.5, 0.6) is 0 Å². The van der Waals surface area contributed by atoms with E-state index in [1.165, 1.54) is 58.3 Å². The van der Waals surface area contributed by atoms with Crippen LogP contribution in [0, 0.1) is 0 Å². The summed E-state index contributed by atoms with van der Waals surface area (Å²) >= 11 is 0. The average molecular weight is 213 g/mol. The summed E-state index contributed by atoms with van der Waals surface area (Å²) in [6.45, 7) is 4.81. The maximum Gasteiger partial charge on any atom is 0.00796 e. The van der Waals surface area contributed by atoms with Gasteiger partial charge in [-0.1, -0.05) is 0 Å². The molecule has 1 fully saturated rings. The number of nitrogens with zero attached hydrogens (tertiary/aromatic N) is 1. The normalized spacial score (nSPS) is 23.0. The van der Waals surface area contributed by atoms with E-state index in [9.17, 15) is 0 Å². The third-order valence-electron chi connectivity index (χ3n) is 3.04. The standard InChI is InChI=1S/C12H27N3/c1-15(2)11-4-3-9-14-12-6-5-8-13-10-7-12/h12-14H,3-11H2,1-2H3. The van der Waals surface area contributed by atoms with Crippen LogP contribution < -0.4 is 10.6 Å². The molecule has 3 heteroatoms. The van der Waals surface area contributed by atoms with Crippen molar-refractivity contribution in [2.45, 2.75) is 38.1 Å². The fraction of sp³-hybridized carbons (Fsp3) is 1.00. The van der Waals surface area contributed by atoms with E-state index in [1.807, 2.05) is 0 Å². The van der Waals surface area contributed by atoms with E-state index in [0.29, 0.717) is 0 Å². The lowest BCUT2D eigenvalue weighted by Crippen LogP contribution is -2.31. The summed E-state index contributed by atoms with van der Waals surface area (Å²) in [6, 6.07) is 0.763. The molecule has 0 aliphatic carbocycles. The zero-order chi connectivity index (χ0) is 10.9. The molecule has 3 nitrogen and oxygen atoms in total. The molecule has 90 valence electrons. The lowest BCUT2D eigenvalue weighted by atomic mass is 10.1. The maximum absolute atomic E-state index is 3.68. The van der Waals surface area contributed by atoms with E-state index < -0.39 is 0 Å². The predicted octanol–water partition coefficient (Wildman–Crippen LogP) is 1.06. The van der Waals surface area contributed by atoms with Gasteiger partial charge >= 0.3 is 0 Å². The first kappa shape index (κ1) is 12.9. The Morgan fingerprint density at radius 3 is 2.87 bits per heavy atom. The van der Waals surface area contributed by atoms with E-state index in [-0.39, 0.29) is 0 Å². The number of rotatable bonds is 6. The summed E-state index contributed by atoms with van der Waals surface area (Å²) in [5.74, 6) is 0. The molecule has 0 aromatic heterocycles. The third-order valence-corrected chi connectivity index (χ3v) is 3.04. The number of hydrogen-bond acceptors (Lipinski definition) is 3. The van der Waals surface area contributed by atoms with Crippen molar-refractivity contribution in [1.82, 2.24) is 15.5 Å². The van der Waals surface area contributed by atoms with Crippen LogP contribution in [0.25, 0.3) is 0 Å². The van der Waals surface area contributed by atoms with Gasteiger partial charge in [-0.25, -0.2) is 0 Å². The fourth-order valence-electron chi connectivity index (χ4n) is 2.08. The minimum atomic E-state index is 0.763. The smallest absolute Gasteiger partial charge is 0.00796 e. The van der Waals surface area contributed by atoms with Crippen LogP contribution in [0.2, 0.25) is 0 Å². The number of hydrogen-bond donors (Lipinski definition) is 2. The Bertz CT molecular complexity index is 140. The van der Waals surface area contributed by atoms with Gasteiger partial charge in [0.2, 0.25) is 0 Å². The van der Waals surface area contributed by atoms with Gasteiger partial charge in [0.1, 0.15) is 0 Å². The van der Waals surface area contributed by atoms with Gasteiger partial charge in [-0.2, -0.15) is 0 Å². The second-order valence-corrected chi connectivity index (χ2v) is 4.84. The molecule has 0 bridgehead atoms. The minimum Gasteiger partial charge on any atom is -0.317 e. The summed E-state index contributed by atoms with van der Waals surface area (Å²) in [4.78, 5) is 2.26. The molecule has 2 N–H and O–H groups in total. The molecule has 1 saturated heterocycles. The number of nitrogens with one attached hydrogen (secondary N) is 2. The van der Waals surface area contributed by atoms with Crippen molar-refractivity contribution in [3.63, 3.8) is 0 Å². The van der Waals surface area contributed by atoms with E-state index in [1.54, 1.807) is 0 Å². The van der Waals surface area contributed by atoms with Gasteiger partial charge < -0.3 is 15.5 Å². The van der Waals surface area contributed by atoms with E-state index in [0.717, 1.165) is 6.04 Å². The van der Waals surface area contributed by atoms with Crippen LogP contribution in [0.4, 0.5) is 0 Å². The minimum absolute atomic E-state index is 0.763. The molecule has 0 aromatic carbocycles. The first-order valence-corrected chi connectivity index (χ1v) is 6.38. The van der Waals surface area contributed by atoms with Crippen LogP contribution in [-0.4, -0.2) is 51.2 Å². The molecule has 1 unspecified atom stereocenters.